The van der Waals surface area contributed by atoms with Crippen LogP contribution in [0.3, 0.4) is 0 Å². The van der Waals surface area contributed by atoms with Crippen LogP contribution >= 0.6 is 12.4 Å². The highest BCUT2D eigenvalue weighted by Crippen LogP contribution is 2.08. The largest absolute Gasteiger partial charge is 0.337 e. The number of amides is 1. The van der Waals surface area contributed by atoms with Gasteiger partial charge in [0.1, 0.15) is 0 Å². The molecule has 1 aromatic rings. The van der Waals surface area contributed by atoms with E-state index >= 15 is 0 Å². The first-order valence-electron chi connectivity index (χ1n) is 6.14. The van der Waals surface area contributed by atoms with E-state index in [1.54, 1.807) is 4.90 Å². The normalized spacial score (nSPS) is 11.8. The summed E-state index contributed by atoms with van der Waals surface area (Å²) in [4.78, 5) is 13.9. The fourth-order valence-electron chi connectivity index (χ4n) is 1.65. The molecule has 0 saturated carbocycles. The highest BCUT2D eigenvalue weighted by molar-refractivity contribution is 5.85. The summed E-state index contributed by atoms with van der Waals surface area (Å²) in [7, 11) is 0. The van der Waals surface area contributed by atoms with E-state index in [4.69, 9.17) is 5.73 Å². The van der Waals surface area contributed by atoms with Crippen LogP contribution in [0.15, 0.2) is 30.3 Å². The lowest BCUT2D eigenvalue weighted by Gasteiger charge is -2.26. The van der Waals surface area contributed by atoms with Crippen LogP contribution in [0.4, 0.5) is 0 Å². The van der Waals surface area contributed by atoms with Crippen molar-refractivity contribution < 1.29 is 4.79 Å². The second-order valence-electron chi connectivity index (χ2n) is 4.61. The van der Waals surface area contributed by atoms with Crippen molar-refractivity contribution in [2.24, 2.45) is 11.7 Å². The molecule has 0 bridgehead atoms. The molecular weight excluding hydrogens is 248 g/mol. The minimum Gasteiger partial charge on any atom is -0.337 e. The summed E-state index contributed by atoms with van der Waals surface area (Å²) in [6.45, 7) is 7.25. The molecule has 0 radical (unpaired) electrons. The summed E-state index contributed by atoms with van der Waals surface area (Å²) in [6.07, 6.45) is 0. The third-order valence-corrected chi connectivity index (χ3v) is 2.91. The first-order chi connectivity index (χ1) is 8.06. The lowest BCUT2D eigenvalue weighted by molar-refractivity contribution is -0.134. The standard InChI is InChI=1S/C14H22N2O.ClH/c1-4-16(14(17)13(15)11(2)3)10-12-8-6-5-7-9-12;/h5-9,11,13H,4,10,15H2,1-3H3;1H/t13-;/m1./s1. The smallest absolute Gasteiger partial charge is 0.240 e. The summed E-state index contributed by atoms with van der Waals surface area (Å²) in [5.74, 6) is 0.207. The van der Waals surface area contributed by atoms with Crippen LogP contribution in [-0.2, 0) is 11.3 Å². The van der Waals surface area contributed by atoms with E-state index in [2.05, 4.69) is 0 Å². The predicted octanol–water partition coefficient (Wildman–Crippen LogP) is 2.44. The Hall–Kier alpha value is -1.06. The molecule has 0 unspecified atom stereocenters. The lowest BCUT2D eigenvalue weighted by Crippen LogP contribution is -2.46. The zero-order valence-electron chi connectivity index (χ0n) is 11.3. The van der Waals surface area contributed by atoms with E-state index in [-0.39, 0.29) is 24.2 Å². The first kappa shape index (κ1) is 16.9. The molecular formula is C14H23ClN2O. The molecule has 3 nitrogen and oxygen atoms in total. The third kappa shape index (κ3) is 4.67. The maximum atomic E-state index is 12.1. The van der Waals surface area contributed by atoms with Crippen LogP contribution < -0.4 is 5.73 Å². The monoisotopic (exact) mass is 270 g/mol. The van der Waals surface area contributed by atoms with Crippen molar-refractivity contribution in [2.45, 2.75) is 33.4 Å². The minimum absolute atomic E-state index is 0. The van der Waals surface area contributed by atoms with Crippen molar-refractivity contribution in [3.8, 4) is 0 Å². The molecule has 0 aliphatic rings. The number of hydrogen-bond acceptors (Lipinski definition) is 2. The number of carbonyl (C=O) groups is 1. The fraction of sp³-hybridized carbons (Fsp3) is 0.500. The van der Waals surface area contributed by atoms with Gasteiger partial charge in [-0.05, 0) is 18.4 Å². The first-order valence-corrected chi connectivity index (χ1v) is 6.14. The molecule has 0 saturated heterocycles. The topological polar surface area (TPSA) is 46.3 Å². The van der Waals surface area contributed by atoms with Gasteiger partial charge in [0.15, 0.2) is 0 Å². The van der Waals surface area contributed by atoms with Crippen molar-refractivity contribution in [1.29, 1.82) is 0 Å². The Bertz CT molecular complexity index is 354. The Labute approximate surface area is 116 Å². The van der Waals surface area contributed by atoms with E-state index in [0.29, 0.717) is 13.1 Å². The van der Waals surface area contributed by atoms with Crippen molar-refractivity contribution in [3.05, 3.63) is 35.9 Å². The quantitative estimate of drug-likeness (QED) is 0.893. The van der Waals surface area contributed by atoms with Gasteiger partial charge in [-0.2, -0.15) is 0 Å². The second-order valence-corrected chi connectivity index (χ2v) is 4.61. The molecule has 0 aliphatic heterocycles. The molecule has 1 rings (SSSR count). The van der Waals surface area contributed by atoms with Crippen LogP contribution in [0.5, 0.6) is 0 Å². The molecule has 4 heteroatoms. The van der Waals surface area contributed by atoms with E-state index in [0.717, 1.165) is 5.56 Å². The molecule has 0 fully saturated rings. The van der Waals surface area contributed by atoms with Gasteiger partial charge in [-0.15, -0.1) is 12.4 Å². The summed E-state index contributed by atoms with van der Waals surface area (Å²) in [5, 5.41) is 0. The summed E-state index contributed by atoms with van der Waals surface area (Å²) < 4.78 is 0. The second kappa shape index (κ2) is 8.11. The van der Waals surface area contributed by atoms with Gasteiger partial charge in [-0.3, -0.25) is 4.79 Å². The maximum absolute atomic E-state index is 12.1. The van der Waals surface area contributed by atoms with Gasteiger partial charge in [0, 0.05) is 13.1 Å². The molecule has 1 aromatic carbocycles. The Morgan fingerprint density at radius 1 is 1.28 bits per heavy atom. The van der Waals surface area contributed by atoms with Crippen LogP contribution in [0.1, 0.15) is 26.3 Å². The lowest BCUT2D eigenvalue weighted by atomic mass is 10.0. The molecule has 0 spiro atoms. The van der Waals surface area contributed by atoms with Crippen molar-refractivity contribution in [3.63, 3.8) is 0 Å². The van der Waals surface area contributed by atoms with Gasteiger partial charge in [0.25, 0.3) is 0 Å². The predicted molar refractivity (Wildman–Crippen MR) is 77.6 cm³/mol. The number of benzene rings is 1. The van der Waals surface area contributed by atoms with E-state index in [1.165, 1.54) is 0 Å². The average Bonchev–Trinajstić information content (AvgIpc) is 2.35. The van der Waals surface area contributed by atoms with Crippen molar-refractivity contribution >= 4 is 18.3 Å². The maximum Gasteiger partial charge on any atom is 0.240 e. The molecule has 0 aromatic heterocycles. The van der Waals surface area contributed by atoms with Crippen molar-refractivity contribution in [1.82, 2.24) is 4.90 Å². The van der Waals surface area contributed by atoms with Gasteiger partial charge >= 0.3 is 0 Å². The van der Waals surface area contributed by atoms with Gasteiger partial charge < -0.3 is 10.6 Å². The molecule has 18 heavy (non-hydrogen) atoms. The average molecular weight is 271 g/mol. The van der Waals surface area contributed by atoms with Gasteiger partial charge in [0.2, 0.25) is 5.91 Å². The number of carbonyl (C=O) groups excluding carboxylic acids is 1. The van der Waals surface area contributed by atoms with Crippen LogP contribution in [0.25, 0.3) is 0 Å². The van der Waals surface area contributed by atoms with Crippen LogP contribution in [0, 0.1) is 5.92 Å². The third-order valence-electron chi connectivity index (χ3n) is 2.91. The Morgan fingerprint density at radius 3 is 2.28 bits per heavy atom. The Kier molecular flexibility index (Phi) is 7.64. The molecule has 1 amide bonds. The molecule has 2 N–H and O–H groups in total. The fourth-order valence-corrected chi connectivity index (χ4v) is 1.65. The zero-order valence-corrected chi connectivity index (χ0v) is 12.1. The van der Waals surface area contributed by atoms with Crippen LogP contribution in [0.2, 0.25) is 0 Å². The number of hydrogen-bond donors (Lipinski definition) is 1. The SMILES string of the molecule is CCN(Cc1ccccc1)C(=O)[C@H](N)C(C)C.Cl. The zero-order chi connectivity index (χ0) is 12.8. The number of nitrogens with zero attached hydrogens (tertiary/aromatic N) is 1. The Balaban J connectivity index is 0.00000289. The summed E-state index contributed by atoms with van der Waals surface area (Å²) in [6, 6.07) is 9.58. The molecule has 0 aliphatic carbocycles. The highest BCUT2D eigenvalue weighted by Gasteiger charge is 2.22. The van der Waals surface area contributed by atoms with Gasteiger partial charge in [-0.1, -0.05) is 44.2 Å². The number of likely N-dealkylation sites (N-methyl/N-ethyl adjacent to an activating group) is 1. The summed E-state index contributed by atoms with van der Waals surface area (Å²) >= 11 is 0. The number of halogens is 1. The van der Waals surface area contributed by atoms with Crippen LogP contribution in [-0.4, -0.2) is 23.4 Å². The summed E-state index contributed by atoms with van der Waals surface area (Å²) in [5.41, 5.74) is 7.04. The molecule has 102 valence electrons. The molecule has 1 atom stereocenters. The number of nitrogens with two attached hydrogens (primary N) is 1. The van der Waals surface area contributed by atoms with Gasteiger partial charge in [0.05, 0.1) is 6.04 Å². The van der Waals surface area contributed by atoms with E-state index in [1.807, 2.05) is 51.1 Å². The van der Waals surface area contributed by atoms with Crippen molar-refractivity contribution in [2.75, 3.05) is 6.54 Å². The highest BCUT2D eigenvalue weighted by atomic mass is 35.5. The van der Waals surface area contributed by atoms with Gasteiger partial charge in [-0.25, -0.2) is 0 Å². The molecule has 0 heterocycles. The Morgan fingerprint density at radius 2 is 1.83 bits per heavy atom. The van der Waals surface area contributed by atoms with E-state index < -0.39 is 6.04 Å². The minimum atomic E-state index is -0.404. The number of rotatable bonds is 5. The van der Waals surface area contributed by atoms with E-state index in [9.17, 15) is 4.79 Å².